The quantitative estimate of drug-likeness (QED) is 0.800. The molecule has 1 atom stereocenters. The molecule has 0 bridgehead atoms. The summed E-state index contributed by atoms with van der Waals surface area (Å²) >= 11 is 0. The number of amides is 1. The van der Waals surface area contributed by atoms with E-state index in [2.05, 4.69) is 27.0 Å². The van der Waals surface area contributed by atoms with Gasteiger partial charge in [0.25, 0.3) is 0 Å². The number of alkyl halides is 3. The second-order valence-electron chi connectivity index (χ2n) is 5.63. The molecular formula is C16H17F3N4O2. The highest BCUT2D eigenvalue weighted by atomic mass is 19.4. The van der Waals surface area contributed by atoms with Gasteiger partial charge in [-0.25, -0.2) is 0 Å². The number of rotatable bonds is 6. The van der Waals surface area contributed by atoms with Crippen molar-refractivity contribution in [2.24, 2.45) is 0 Å². The van der Waals surface area contributed by atoms with Crippen LogP contribution in [0.1, 0.15) is 44.3 Å². The SMILES string of the molecule is C=C(C)CCC(=O)N[C@@H](C)c1nc(-c2ccnc(C(F)(F)F)c2)no1. The summed E-state index contributed by atoms with van der Waals surface area (Å²) in [5, 5.41) is 6.35. The second kappa shape index (κ2) is 7.45. The Hall–Kier alpha value is -2.71. The minimum Gasteiger partial charge on any atom is -0.345 e. The van der Waals surface area contributed by atoms with Gasteiger partial charge < -0.3 is 9.84 Å². The highest BCUT2D eigenvalue weighted by molar-refractivity contribution is 5.76. The van der Waals surface area contributed by atoms with Crippen molar-refractivity contribution in [3.05, 3.63) is 42.1 Å². The molecule has 1 amide bonds. The summed E-state index contributed by atoms with van der Waals surface area (Å²) in [6, 6.07) is 1.62. The van der Waals surface area contributed by atoms with Crippen molar-refractivity contribution < 1.29 is 22.5 Å². The van der Waals surface area contributed by atoms with Gasteiger partial charge in [0.15, 0.2) is 0 Å². The highest BCUT2D eigenvalue weighted by Crippen LogP contribution is 2.29. The summed E-state index contributed by atoms with van der Waals surface area (Å²) in [5.41, 5.74) is -0.0309. The van der Waals surface area contributed by atoms with Crippen LogP contribution in [0.15, 0.2) is 35.0 Å². The van der Waals surface area contributed by atoms with E-state index in [-0.39, 0.29) is 29.6 Å². The van der Waals surface area contributed by atoms with E-state index in [1.807, 2.05) is 6.92 Å². The lowest BCUT2D eigenvalue weighted by molar-refractivity contribution is -0.141. The van der Waals surface area contributed by atoms with Gasteiger partial charge in [0.2, 0.25) is 17.6 Å². The van der Waals surface area contributed by atoms with Crippen LogP contribution in [0, 0.1) is 0 Å². The third-order valence-electron chi connectivity index (χ3n) is 3.28. The molecule has 9 heteroatoms. The van der Waals surface area contributed by atoms with Crippen molar-refractivity contribution in [3.8, 4) is 11.4 Å². The van der Waals surface area contributed by atoms with Crippen molar-refractivity contribution in [3.63, 3.8) is 0 Å². The second-order valence-corrected chi connectivity index (χ2v) is 5.63. The maximum atomic E-state index is 12.7. The molecule has 0 saturated heterocycles. The first-order chi connectivity index (χ1) is 11.7. The summed E-state index contributed by atoms with van der Waals surface area (Å²) in [7, 11) is 0. The Morgan fingerprint density at radius 3 is 2.76 bits per heavy atom. The molecule has 2 heterocycles. The fourth-order valence-electron chi connectivity index (χ4n) is 1.96. The largest absolute Gasteiger partial charge is 0.433 e. The Balaban J connectivity index is 2.09. The van der Waals surface area contributed by atoms with Gasteiger partial charge in [-0.15, -0.1) is 6.58 Å². The average Bonchev–Trinajstić information content (AvgIpc) is 3.02. The zero-order valence-corrected chi connectivity index (χ0v) is 13.7. The number of halogens is 3. The lowest BCUT2D eigenvalue weighted by Crippen LogP contribution is -2.26. The van der Waals surface area contributed by atoms with Crippen LogP contribution >= 0.6 is 0 Å². The minimum atomic E-state index is -4.56. The molecule has 25 heavy (non-hydrogen) atoms. The molecule has 2 aromatic rings. The van der Waals surface area contributed by atoms with Crippen molar-refractivity contribution in [1.29, 1.82) is 0 Å². The smallest absolute Gasteiger partial charge is 0.345 e. The Kier molecular flexibility index (Phi) is 5.55. The fraction of sp³-hybridized carbons (Fsp3) is 0.375. The molecule has 0 aliphatic rings. The first kappa shape index (κ1) is 18.6. The number of hydrogen-bond donors (Lipinski definition) is 1. The molecule has 0 fully saturated rings. The number of pyridine rings is 1. The zero-order chi connectivity index (χ0) is 18.6. The summed E-state index contributed by atoms with van der Waals surface area (Å²) in [6.07, 6.45) is -2.70. The molecule has 1 N–H and O–H groups in total. The fourth-order valence-corrected chi connectivity index (χ4v) is 1.96. The first-order valence-electron chi connectivity index (χ1n) is 7.48. The highest BCUT2D eigenvalue weighted by Gasteiger charge is 2.33. The molecule has 0 radical (unpaired) electrons. The third kappa shape index (κ3) is 5.13. The summed E-state index contributed by atoms with van der Waals surface area (Å²) < 4.78 is 43.2. The summed E-state index contributed by atoms with van der Waals surface area (Å²) in [5.74, 6) is -0.117. The van der Waals surface area contributed by atoms with E-state index in [9.17, 15) is 18.0 Å². The first-order valence-corrected chi connectivity index (χ1v) is 7.48. The van der Waals surface area contributed by atoms with Crippen LogP contribution in [0.25, 0.3) is 11.4 Å². The van der Waals surface area contributed by atoms with Gasteiger partial charge in [0.1, 0.15) is 11.7 Å². The number of aromatic nitrogens is 3. The van der Waals surface area contributed by atoms with E-state index >= 15 is 0 Å². The average molecular weight is 354 g/mol. The molecule has 0 saturated carbocycles. The normalized spacial score (nSPS) is 12.7. The van der Waals surface area contributed by atoms with Crippen molar-refractivity contribution >= 4 is 5.91 Å². The maximum Gasteiger partial charge on any atom is 0.433 e. The summed E-state index contributed by atoms with van der Waals surface area (Å²) in [4.78, 5) is 19.1. The molecule has 2 rings (SSSR count). The van der Waals surface area contributed by atoms with Gasteiger partial charge in [-0.05, 0) is 32.4 Å². The maximum absolute atomic E-state index is 12.7. The lowest BCUT2D eigenvalue weighted by atomic mass is 10.2. The Labute approximate surface area is 142 Å². The van der Waals surface area contributed by atoms with Crippen LogP contribution in [0.4, 0.5) is 13.2 Å². The number of nitrogens with zero attached hydrogens (tertiary/aromatic N) is 3. The molecule has 0 aromatic carbocycles. The van der Waals surface area contributed by atoms with Gasteiger partial charge >= 0.3 is 6.18 Å². The molecule has 0 aliphatic heterocycles. The van der Waals surface area contributed by atoms with E-state index in [4.69, 9.17) is 4.52 Å². The van der Waals surface area contributed by atoms with Crippen LogP contribution in [-0.2, 0) is 11.0 Å². The van der Waals surface area contributed by atoms with Gasteiger partial charge in [-0.2, -0.15) is 18.2 Å². The number of carbonyl (C=O) groups excluding carboxylic acids is 1. The molecular weight excluding hydrogens is 337 g/mol. The lowest BCUT2D eigenvalue weighted by Gasteiger charge is -2.09. The van der Waals surface area contributed by atoms with Crippen LogP contribution in [0.3, 0.4) is 0 Å². The summed E-state index contributed by atoms with van der Waals surface area (Å²) in [6.45, 7) is 7.19. The van der Waals surface area contributed by atoms with Crippen LogP contribution in [0.2, 0.25) is 0 Å². The molecule has 134 valence electrons. The Bertz CT molecular complexity index is 771. The van der Waals surface area contributed by atoms with Crippen molar-refractivity contribution in [2.75, 3.05) is 0 Å². The Morgan fingerprint density at radius 2 is 2.12 bits per heavy atom. The monoisotopic (exact) mass is 354 g/mol. The molecule has 0 spiro atoms. The predicted molar refractivity (Wildman–Crippen MR) is 83.1 cm³/mol. The zero-order valence-electron chi connectivity index (χ0n) is 13.7. The van der Waals surface area contributed by atoms with E-state index < -0.39 is 17.9 Å². The van der Waals surface area contributed by atoms with E-state index in [1.165, 1.54) is 6.07 Å². The number of allylic oxidation sites excluding steroid dienone is 1. The number of carbonyl (C=O) groups is 1. The van der Waals surface area contributed by atoms with E-state index in [0.29, 0.717) is 6.42 Å². The molecule has 0 unspecified atom stereocenters. The van der Waals surface area contributed by atoms with Gasteiger partial charge in [0.05, 0.1) is 0 Å². The van der Waals surface area contributed by atoms with E-state index in [0.717, 1.165) is 17.8 Å². The van der Waals surface area contributed by atoms with Gasteiger partial charge in [0, 0.05) is 18.2 Å². The van der Waals surface area contributed by atoms with Crippen LogP contribution in [0.5, 0.6) is 0 Å². The Morgan fingerprint density at radius 1 is 1.40 bits per heavy atom. The van der Waals surface area contributed by atoms with Gasteiger partial charge in [-0.1, -0.05) is 10.7 Å². The number of nitrogens with one attached hydrogen (secondary N) is 1. The van der Waals surface area contributed by atoms with Crippen molar-refractivity contribution in [2.45, 2.75) is 38.9 Å². The van der Waals surface area contributed by atoms with Crippen molar-refractivity contribution in [1.82, 2.24) is 20.4 Å². The molecule has 6 nitrogen and oxygen atoms in total. The minimum absolute atomic E-state index is 0.00839. The molecule has 0 aliphatic carbocycles. The van der Waals surface area contributed by atoms with E-state index in [1.54, 1.807) is 6.92 Å². The van der Waals surface area contributed by atoms with Gasteiger partial charge in [-0.3, -0.25) is 9.78 Å². The molecule has 2 aromatic heterocycles. The topological polar surface area (TPSA) is 80.9 Å². The van der Waals surface area contributed by atoms with Crippen LogP contribution in [-0.4, -0.2) is 21.0 Å². The predicted octanol–water partition coefficient (Wildman–Crippen LogP) is 3.68. The van der Waals surface area contributed by atoms with Crippen LogP contribution < -0.4 is 5.32 Å². The third-order valence-corrected chi connectivity index (χ3v) is 3.28. The standard InChI is InChI=1S/C16H17F3N4O2/c1-9(2)4-5-13(24)21-10(3)15-22-14(23-25-15)11-6-7-20-12(8-11)16(17,18)19/h6-8,10H,1,4-5H2,2-3H3,(H,21,24)/t10-/m0/s1. The number of hydrogen-bond acceptors (Lipinski definition) is 5.